The van der Waals surface area contributed by atoms with E-state index >= 15 is 0 Å². The van der Waals surface area contributed by atoms with Gasteiger partial charge >= 0.3 is 0 Å². The molecule has 1 N–H and O–H groups in total. The van der Waals surface area contributed by atoms with Gasteiger partial charge in [-0.1, -0.05) is 12.1 Å². The van der Waals surface area contributed by atoms with Gasteiger partial charge in [0.15, 0.2) is 11.5 Å². The average Bonchev–Trinajstić information content (AvgIpc) is 2.61. The van der Waals surface area contributed by atoms with Crippen LogP contribution in [-0.4, -0.2) is 45.7 Å². The summed E-state index contributed by atoms with van der Waals surface area (Å²) in [6.07, 6.45) is 0. The Hall–Kier alpha value is -2.73. The number of hydrogen-bond donors (Lipinski definition) is 1. The van der Waals surface area contributed by atoms with E-state index in [1.165, 1.54) is 0 Å². The van der Waals surface area contributed by atoms with Crippen molar-refractivity contribution in [1.82, 2.24) is 4.90 Å². The molecule has 0 radical (unpaired) electrons. The molecule has 6 nitrogen and oxygen atoms in total. The lowest BCUT2D eigenvalue weighted by atomic mass is 10.2. The molecule has 0 bridgehead atoms. The predicted octanol–water partition coefficient (Wildman–Crippen LogP) is 2.78. The fourth-order valence-electron chi connectivity index (χ4n) is 2.50. The van der Waals surface area contributed by atoms with Gasteiger partial charge in [0.05, 0.1) is 27.9 Å². The van der Waals surface area contributed by atoms with Crippen LogP contribution < -0.4 is 19.5 Å². The predicted molar refractivity (Wildman–Crippen MR) is 97.5 cm³/mol. The molecule has 0 saturated heterocycles. The largest absolute Gasteiger partial charge is 0.497 e. The highest BCUT2D eigenvalue weighted by atomic mass is 16.5. The summed E-state index contributed by atoms with van der Waals surface area (Å²) in [5.74, 6) is 1.90. The van der Waals surface area contributed by atoms with Gasteiger partial charge in [-0.15, -0.1) is 0 Å². The number of ether oxygens (including phenoxy) is 3. The standard InChI is InChI=1S/C19H24N2O4/c1-21(12-14-6-5-7-16(10-14)23-2)13-19(22)20-15-8-9-17(24-3)18(11-15)25-4/h5-11H,12-13H2,1-4H3,(H,20,22). The highest BCUT2D eigenvalue weighted by Gasteiger charge is 2.10. The van der Waals surface area contributed by atoms with Gasteiger partial charge in [0.1, 0.15) is 5.75 Å². The first-order chi connectivity index (χ1) is 12.0. The summed E-state index contributed by atoms with van der Waals surface area (Å²) in [7, 11) is 6.67. The lowest BCUT2D eigenvalue weighted by Gasteiger charge is -2.17. The molecule has 1 amide bonds. The third-order valence-corrected chi connectivity index (χ3v) is 3.67. The fraction of sp³-hybridized carbons (Fsp3) is 0.316. The number of carbonyl (C=O) groups excluding carboxylic acids is 1. The van der Waals surface area contributed by atoms with Gasteiger partial charge in [0, 0.05) is 18.3 Å². The smallest absolute Gasteiger partial charge is 0.238 e. The van der Waals surface area contributed by atoms with Crippen molar-refractivity contribution in [2.45, 2.75) is 6.54 Å². The number of nitrogens with zero attached hydrogens (tertiary/aromatic N) is 1. The van der Waals surface area contributed by atoms with Crippen molar-refractivity contribution in [2.24, 2.45) is 0 Å². The highest BCUT2D eigenvalue weighted by molar-refractivity contribution is 5.92. The van der Waals surface area contributed by atoms with Gasteiger partial charge in [0.2, 0.25) is 5.91 Å². The minimum Gasteiger partial charge on any atom is -0.497 e. The van der Waals surface area contributed by atoms with Crippen LogP contribution in [0.4, 0.5) is 5.69 Å². The van der Waals surface area contributed by atoms with Gasteiger partial charge in [-0.25, -0.2) is 0 Å². The molecule has 0 unspecified atom stereocenters. The van der Waals surface area contributed by atoms with Gasteiger partial charge in [0.25, 0.3) is 0 Å². The Labute approximate surface area is 148 Å². The van der Waals surface area contributed by atoms with E-state index in [1.54, 1.807) is 39.5 Å². The summed E-state index contributed by atoms with van der Waals surface area (Å²) < 4.78 is 15.6. The maximum Gasteiger partial charge on any atom is 0.238 e. The minimum atomic E-state index is -0.0994. The molecule has 0 atom stereocenters. The zero-order valence-electron chi connectivity index (χ0n) is 15.0. The molecule has 0 saturated carbocycles. The maximum absolute atomic E-state index is 12.2. The summed E-state index contributed by atoms with van der Waals surface area (Å²) in [5, 5.41) is 2.87. The van der Waals surface area contributed by atoms with Crippen molar-refractivity contribution in [1.29, 1.82) is 0 Å². The molecule has 0 aliphatic rings. The molecule has 0 aromatic heterocycles. The molecule has 2 aromatic rings. The van der Waals surface area contributed by atoms with E-state index < -0.39 is 0 Å². The van der Waals surface area contributed by atoms with E-state index in [0.717, 1.165) is 11.3 Å². The van der Waals surface area contributed by atoms with E-state index in [1.807, 2.05) is 36.2 Å². The number of likely N-dealkylation sites (N-methyl/N-ethyl adjacent to an activating group) is 1. The number of methoxy groups -OCH3 is 3. The Balaban J connectivity index is 1.92. The van der Waals surface area contributed by atoms with Gasteiger partial charge in [-0.05, 0) is 36.9 Å². The second-order valence-corrected chi connectivity index (χ2v) is 5.64. The van der Waals surface area contributed by atoms with Gasteiger partial charge in [-0.3, -0.25) is 9.69 Å². The number of nitrogens with one attached hydrogen (secondary N) is 1. The maximum atomic E-state index is 12.2. The van der Waals surface area contributed by atoms with Crippen LogP contribution in [0.2, 0.25) is 0 Å². The zero-order chi connectivity index (χ0) is 18.2. The Bertz CT molecular complexity index is 718. The molecular formula is C19H24N2O4. The van der Waals surface area contributed by atoms with Crippen LogP contribution in [0.1, 0.15) is 5.56 Å². The summed E-state index contributed by atoms with van der Waals surface area (Å²) in [6.45, 7) is 0.919. The van der Waals surface area contributed by atoms with Crippen LogP contribution in [0.3, 0.4) is 0 Å². The van der Waals surface area contributed by atoms with Crippen LogP contribution >= 0.6 is 0 Å². The Morgan fingerprint density at radius 3 is 2.44 bits per heavy atom. The number of amides is 1. The molecule has 0 heterocycles. The molecule has 2 rings (SSSR count). The number of rotatable bonds is 8. The third-order valence-electron chi connectivity index (χ3n) is 3.67. The Morgan fingerprint density at radius 1 is 1.00 bits per heavy atom. The number of benzene rings is 2. The third kappa shape index (κ3) is 5.39. The first kappa shape index (κ1) is 18.6. The monoisotopic (exact) mass is 344 g/mol. The second-order valence-electron chi connectivity index (χ2n) is 5.64. The van der Waals surface area contributed by atoms with Crippen LogP contribution in [0.25, 0.3) is 0 Å². The summed E-state index contributed by atoms with van der Waals surface area (Å²) in [5.41, 5.74) is 1.75. The summed E-state index contributed by atoms with van der Waals surface area (Å²) >= 11 is 0. The van der Waals surface area contributed by atoms with Crippen LogP contribution in [0, 0.1) is 0 Å². The first-order valence-electron chi connectivity index (χ1n) is 7.89. The van der Waals surface area contributed by atoms with Crippen LogP contribution in [-0.2, 0) is 11.3 Å². The van der Waals surface area contributed by atoms with E-state index in [2.05, 4.69) is 5.32 Å². The van der Waals surface area contributed by atoms with Gasteiger partial charge in [-0.2, -0.15) is 0 Å². The minimum absolute atomic E-state index is 0.0994. The van der Waals surface area contributed by atoms with Crippen molar-refractivity contribution in [3.05, 3.63) is 48.0 Å². The number of hydrogen-bond acceptors (Lipinski definition) is 5. The number of anilines is 1. The Kier molecular flexibility index (Phi) is 6.65. The molecule has 25 heavy (non-hydrogen) atoms. The van der Waals surface area contributed by atoms with Crippen molar-refractivity contribution >= 4 is 11.6 Å². The average molecular weight is 344 g/mol. The fourth-order valence-corrected chi connectivity index (χ4v) is 2.50. The number of carbonyl (C=O) groups is 1. The van der Waals surface area contributed by atoms with E-state index in [9.17, 15) is 4.79 Å². The normalized spacial score (nSPS) is 10.4. The SMILES string of the molecule is COc1cccc(CN(C)CC(=O)Nc2ccc(OC)c(OC)c2)c1. The van der Waals surface area contributed by atoms with Gasteiger partial charge < -0.3 is 19.5 Å². The molecular weight excluding hydrogens is 320 g/mol. The molecule has 6 heteroatoms. The molecule has 0 spiro atoms. The zero-order valence-corrected chi connectivity index (χ0v) is 15.0. The van der Waals surface area contributed by atoms with Crippen LogP contribution in [0.15, 0.2) is 42.5 Å². The quantitative estimate of drug-likeness (QED) is 0.798. The van der Waals surface area contributed by atoms with Crippen molar-refractivity contribution in [2.75, 3.05) is 40.2 Å². The summed E-state index contributed by atoms with van der Waals surface area (Å²) in [6, 6.07) is 13.1. The van der Waals surface area contributed by atoms with Crippen molar-refractivity contribution < 1.29 is 19.0 Å². The van der Waals surface area contributed by atoms with E-state index in [0.29, 0.717) is 23.7 Å². The lowest BCUT2D eigenvalue weighted by molar-refractivity contribution is -0.117. The molecule has 0 fully saturated rings. The van der Waals surface area contributed by atoms with E-state index in [-0.39, 0.29) is 12.5 Å². The molecule has 134 valence electrons. The van der Waals surface area contributed by atoms with Crippen molar-refractivity contribution in [3.8, 4) is 17.2 Å². The van der Waals surface area contributed by atoms with Crippen LogP contribution in [0.5, 0.6) is 17.2 Å². The molecule has 0 aliphatic carbocycles. The highest BCUT2D eigenvalue weighted by Crippen LogP contribution is 2.29. The topological polar surface area (TPSA) is 60.0 Å². The van der Waals surface area contributed by atoms with E-state index in [4.69, 9.17) is 14.2 Å². The molecule has 0 aliphatic heterocycles. The Morgan fingerprint density at radius 2 is 1.76 bits per heavy atom. The summed E-state index contributed by atoms with van der Waals surface area (Å²) in [4.78, 5) is 14.2. The molecule has 2 aromatic carbocycles. The second kappa shape index (κ2) is 8.94. The first-order valence-corrected chi connectivity index (χ1v) is 7.89. The lowest BCUT2D eigenvalue weighted by Crippen LogP contribution is -2.29. The van der Waals surface area contributed by atoms with Crippen molar-refractivity contribution in [3.63, 3.8) is 0 Å².